The van der Waals surface area contributed by atoms with E-state index in [9.17, 15) is 4.79 Å². The Morgan fingerprint density at radius 1 is 1.36 bits per heavy atom. The number of likely N-dealkylation sites (N-methyl/N-ethyl adjacent to an activating group) is 2. The maximum atomic E-state index is 12.6. The molecule has 1 aliphatic heterocycles. The van der Waals surface area contributed by atoms with Crippen molar-refractivity contribution in [3.05, 3.63) is 41.8 Å². The van der Waals surface area contributed by atoms with Gasteiger partial charge in [0.05, 0.1) is 18.8 Å². The number of aromatic nitrogens is 1. The molecule has 1 unspecified atom stereocenters. The second kappa shape index (κ2) is 6.43. The van der Waals surface area contributed by atoms with Gasteiger partial charge in [-0.25, -0.2) is 0 Å². The van der Waals surface area contributed by atoms with Gasteiger partial charge in [-0.2, -0.15) is 0 Å². The summed E-state index contributed by atoms with van der Waals surface area (Å²) in [5.41, 5.74) is 1.49. The second-order valence-corrected chi connectivity index (χ2v) is 6.82. The summed E-state index contributed by atoms with van der Waals surface area (Å²) < 4.78 is 11.4. The summed E-state index contributed by atoms with van der Waals surface area (Å²) in [7, 11) is 1.79. The van der Waals surface area contributed by atoms with Crippen LogP contribution in [-0.2, 0) is 0 Å². The largest absolute Gasteiger partial charge is 0.485 e. The van der Waals surface area contributed by atoms with Gasteiger partial charge in [0.2, 0.25) is 0 Å². The Morgan fingerprint density at radius 2 is 2.16 bits per heavy atom. The standard InChI is InChI=1S/C19H23N3O3/c1-3-22-12-14(24-17-7-5-4-6-16(17)22)11-21(2)19(23)15-10-18(25-20-15)13-8-9-13/h4-7,10,13-14H,3,8-9,11-12H2,1-2H3. The Balaban J connectivity index is 1.43. The van der Waals surface area contributed by atoms with Crippen molar-refractivity contribution in [2.24, 2.45) is 0 Å². The lowest BCUT2D eigenvalue weighted by molar-refractivity contribution is 0.0699. The van der Waals surface area contributed by atoms with Crippen LogP contribution in [0.25, 0.3) is 0 Å². The van der Waals surface area contributed by atoms with Gasteiger partial charge in [-0.15, -0.1) is 0 Å². The van der Waals surface area contributed by atoms with E-state index in [1.54, 1.807) is 18.0 Å². The fraction of sp³-hybridized carbons (Fsp3) is 0.474. The molecule has 1 amide bonds. The van der Waals surface area contributed by atoms with Gasteiger partial charge in [0.25, 0.3) is 5.91 Å². The van der Waals surface area contributed by atoms with E-state index >= 15 is 0 Å². The minimum atomic E-state index is -0.124. The quantitative estimate of drug-likeness (QED) is 0.837. The summed E-state index contributed by atoms with van der Waals surface area (Å²) in [4.78, 5) is 16.6. The molecule has 0 spiro atoms. The molecule has 0 bridgehead atoms. The number of nitrogens with zero attached hydrogens (tertiary/aromatic N) is 3. The monoisotopic (exact) mass is 341 g/mol. The smallest absolute Gasteiger partial charge is 0.275 e. The average molecular weight is 341 g/mol. The number of fused-ring (bicyclic) bond motifs is 1. The van der Waals surface area contributed by atoms with E-state index in [1.165, 1.54) is 0 Å². The van der Waals surface area contributed by atoms with Crippen LogP contribution in [0.5, 0.6) is 5.75 Å². The van der Waals surface area contributed by atoms with Crippen LogP contribution in [0.3, 0.4) is 0 Å². The molecule has 1 saturated carbocycles. The molecule has 0 saturated heterocycles. The number of para-hydroxylation sites is 2. The van der Waals surface area contributed by atoms with E-state index < -0.39 is 0 Å². The molecule has 2 heterocycles. The summed E-state index contributed by atoms with van der Waals surface area (Å²) in [5.74, 6) is 2.03. The summed E-state index contributed by atoms with van der Waals surface area (Å²) in [6.07, 6.45) is 2.18. The van der Waals surface area contributed by atoms with Crippen molar-refractivity contribution >= 4 is 11.6 Å². The van der Waals surface area contributed by atoms with Crippen LogP contribution in [-0.4, -0.2) is 48.7 Å². The summed E-state index contributed by atoms with van der Waals surface area (Å²) >= 11 is 0. The maximum absolute atomic E-state index is 12.6. The highest BCUT2D eigenvalue weighted by atomic mass is 16.5. The first kappa shape index (κ1) is 16.0. The number of hydrogen-bond donors (Lipinski definition) is 0. The van der Waals surface area contributed by atoms with Crippen molar-refractivity contribution in [3.63, 3.8) is 0 Å². The van der Waals surface area contributed by atoms with Crippen LogP contribution in [0.15, 0.2) is 34.9 Å². The van der Waals surface area contributed by atoms with Gasteiger partial charge in [-0.3, -0.25) is 4.79 Å². The van der Waals surface area contributed by atoms with Gasteiger partial charge in [0, 0.05) is 25.6 Å². The highest BCUT2D eigenvalue weighted by molar-refractivity contribution is 5.92. The molecule has 25 heavy (non-hydrogen) atoms. The van der Waals surface area contributed by atoms with Crippen molar-refractivity contribution in [1.82, 2.24) is 10.1 Å². The van der Waals surface area contributed by atoms with E-state index in [0.29, 0.717) is 18.2 Å². The zero-order valence-corrected chi connectivity index (χ0v) is 14.6. The molecular formula is C19H23N3O3. The zero-order valence-electron chi connectivity index (χ0n) is 14.6. The molecule has 1 fully saturated rings. The Labute approximate surface area is 147 Å². The Hall–Kier alpha value is -2.50. The van der Waals surface area contributed by atoms with Gasteiger partial charge in [0.1, 0.15) is 17.6 Å². The summed E-state index contributed by atoms with van der Waals surface area (Å²) in [6.45, 7) is 4.30. The lowest BCUT2D eigenvalue weighted by Crippen LogP contribution is -2.46. The molecule has 0 radical (unpaired) electrons. The number of benzene rings is 1. The van der Waals surface area contributed by atoms with Gasteiger partial charge >= 0.3 is 0 Å². The molecule has 1 aliphatic carbocycles. The highest BCUT2D eigenvalue weighted by Crippen LogP contribution is 2.40. The first-order valence-electron chi connectivity index (χ1n) is 8.88. The Bertz CT molecular complexity index is 769. The molecule has 6 heteroatoms. The number of hydrogen-bond acceptors (Lipinski definition) is 5. The van der Waals surface area contributed by atoms with Gasteiger partial charge in [-0.05, 0) is 31.9 Å². The van der Waals surface area contributed by atoms with E-state index in [0.717, 1.165) is 43.1 Å². The topological polar surface area (TPSA) is 58.8 Å². The lowest BCUT2D eigenvalue weighted by atomic mass is 10.1. The van der Waals surface area contributed by atoms with E-state index in [-0.39, 0.29) is 12.0 Å². The van der Waals surface area contributed by atoms with Gasteiger partial charge in [-0.1, -0.05) is 17.3 Å². The van der Waals surface area contributed by atoms with Crippen LogP contribution in [0, 0.1) is 0 Å². The maximum Gasteiger partial charge on any atom is 0.275 e. The predicted molar refractivity (Wildman–Crippen MR) is 94.2 cm³/mol. The zero-order chi connectivity index (χ0) is 17.4. The van der Waals surface area contributed by atoms with Crippen molar-refractivity contribution < 1.29 is 14.1 Å². The van der Waals surface area contributed by atoms with E-state index in [4.69, 9.17) is 9.26 Å². The van der Waals surface area contributed by atoms with Crippen molar-refractivity contribution in [2.75, 3.05) is 31.6 Å². The number of anilines is 1. The number of carbonyl (C=O) groups excluding carboxylic acids is 1. The van der Waals surface area contributed by atoms with Gasteiger partial charge < -0.3 is 19.1 Å². The molecular weight excluding hydrogens is 318 g/mol. The average Bonchev–Trinajstić information content (AvgIpc) is 3.37. The van der Waals surface area contributed by atoms with Crippen molar-refractivity contribution in [2.45, 2.75) is 31.8 Å². The molecule has 1 aromatic carbocycles. The third-order valence-electron chi connectivity index (χ3n) is 4.86. The minimum Gasteiger partial charge on any atom is -0.485 e. The summed E-state index contributed by atoms with van der Waals surface area (Å²) in [6, 6.07) is 9.82. The fourth-order valence-electron chi connectivity index (χ4n) is 3.31. The van der Waals surface area contributed by atoms with Crippen LogP contribution in [0.1, 0.15) is 41.9 Å². The van der Waals surface area contributed by atoms with Gasteiger partial charge in [0.15, 0.2) is 5.69 Å². The molecule has 0 N–H and O–H groups in total. The number of carbonyl (C=O) groups is 1. The van der Waals surface area contributed by atoms with Crippen LogP contribution in [0.4, 0.5) is 5.69 Å². The minimum absolute atomic E-state index is 0.0707. The third kappa shape index (κ3) is 3.21. The van der Waals surface area contributed by atoms with Crippen molar-refractivity contribution in [3.8, 4) is 5.75 Å². The second-order valence-electron chi connectivity index (χ2n) is 6.82. The van der Waals surface area contributed by atoms with Crippen molar-refractivity contribution in [1.29, 1.82) is 0 Å². The molecule has 132 valence electrons. The number of ether oxygens (including phenoxy) is 1. The number of amides is 1. The molecule has 1 aromatic heterocycles. The molecule has 4 rings (SSSR count). The predicted octanol–water partition coefficient (Wildman–Crippen LogP) is 2.91. The Morgan fingerprint density at radius 3 is 2.92 bits per heavy atom. The normalized spacial score (nSPS) is 19.3. The van der Waals surface area contributed by atoms with Crippen LogP contribution < -0.4 is 9.64 Å². The van der Waals surface area contributed by atoms with E-state index in [1.807, 2.05) is 18.2 Å². The molecule has 6 nitrogen and oxygen atoms in total. The first-order chi connectivity index (χ1) is 12.2. The van der Waals surface area contributed by atoms with Crippen LogP contribution >= 0.6 is 0 Å². The van der Waals surface area contributed by atoms with E-state index in [2.05, 4.69) is 23.0 Å². The third-order valence-corrected chi connectivity index (χ3v) is 4.86. The first-order valence-corrected chi connectivity index (χ1v) is 8.88. The fourth-order valence-corrected chi connectivity index (χ4v) is 3.31. The lowest BCUT2D eigenvalue weighted by Gasteiger charge is -2.37. The molecule has 1 atom stereocenters. The highest BCUT2D eigenvalue weighted by Gasteiger charge is 2.31. The molecule has 2 aliphatic rings. The summed E-state index contributed by atoms with van der Waals surface area (Å²) in [5, 5.41) is 3.94. The molecule has 2 aromatic rings. The Kier molecular flexibility index (Phi) is 4.11. The SMILES string of the molecule is CCN1CC(CN(C)C(=O)c2cc(C3CC3)on2)Oc2ccccc21. The van der Waals surface area contributed by atoms with Crippen LogP contribution in [0.2, 0.25) is 0 Å². The number of rotatable bonds is 5.